The van der Waals surface area contributed by atoms with E-state index in [1.165, 1.54) is 0 Å². The van der Waals surface area contributed by atoms with Gasteiger partial charge in [0.1, 0.15) is 0 Å². The zero-order chi connectivity index (χ0) is 12.4. The van der Waals surface area contributed by atoms with E-state index in [9.17, 15) is 0 Å². The molecule has 0 aliphatic carbocycles. The van der Waals surface area contributed by atoms with Crippen LogP contribution in [-0.2, 0) is 24.5 Å². The van der Waals surface area contributed by atoms with Crippen LogP contribution in [0.3, 0.4) is 0 Å². The molecule has 0 radical (unpaired) electrons. The Morgan fingerprint density at radius 2 is 1.31 bits per heavy atom. The minimum absolute atomic E-state index is 0.809. The zero-order valence-corrected chi connectivity index (χ0v) is 14.5. The van der Waals surface area contributed by atoms with Crippen molar-refractivity contribution in [1.82, 2.24) is 8.88 Å². The van der Waals surface area contributed by atoms with Gasteiger partial charge < -0.3 is 24.5 Å². The molecule has 1 aliphatic rings. The number of hydrogen-bond donors (Lipinski definition) is 0. The average Bonchev–Trinajstić information content (AvgIpc) is 2.31. The van der Waals surface area contributed by atoms with Gasteiger partial charge in [-0.2, -0.15) is 0 Å². The van der Waals surface area contributed by atoms with Crippen LogP contribution in [0.1, 0.15) is 0 Å². The van der Waals surface area contributed by atoms with Crippen molar-refractivity contribution in [2.45, 2.75) is 0 Å². The van der Waals surface area contributed by atoms with Gasteiger partial charge >= 0.3 is 0 Å². The van der Waals surface area contributed by atoms with Crippen molar-refractivity contribution in [3.05, 3.63) is 25.3 Å². The number of rotatable bonds is 6. The van der Waals surface area contributed by atoms with Crippen LogP contribution >= 0.6 is 34.7 Å². The van der Waals surface area contributed by atoms with Crippen LogP contribution in [0.5, 0.6) is 0 Å². The summed E-state index contributed by atoms with van der Waals surface area (Å²) in [4.78, 5) is 0. The third kappa shape index (κ3) is 2.37. The van der Waals surface area contributed by atoms with Gasteiger partial charge in [-0.1, -0.05) is 12.2 Å². The molecule has 0 unspecified atom stereocenters. The van der Waals surface area contributed by atoms with Crippen molar-refractivity contribution >= 4 is 59.2 Å². The van der Waals surface area contributed by atoms with Gasteiger partial charge in [0.15, 0.2) is 11.9 Å². The van der Waals surface area contributed by atoms with E-state index in [-0.39, 0.29) is 0 Å². The van der Waals surface area contributed by atoms with Gasteiger partial charge in [0, 0.05) is 35.3 Å². The molecule has 0 N–H and O–H groups in total. The summed E-state index contributed by atoms with van der Waals surface area (Å²) in [6, 6.07) is 0. The highest BCUT2D eigenvalue weighted by Crippen LogP contribution is 3.02. The molecule has 16 heavy (non-hydrogen) atoms. The molecule has 0 aromatic carbocycles. The van der Waals surface area contributed by atoms with Crippen molar-refractivity contribution in [1.29, 1.82) is 0 Å². The molecule has 0 bridgehead atoms. The smallest absolute Gasteiger partial charge is 0.172 e. The van der Waals surface area contributed by atoms with Gasteiger partial charge in [0.2, 0.25) is 0 Å². The Balaban J connectivity index is 2.98. The molecule has 0 aromatic rings. The topological polar surface area (TPSA) is 6.48 Å². The Bertz CT molecular complexity index is 253. The lowest BCUT2D eigenvalue weighted by Gasteiger charge is -2.61. The molecule has 1 heterocycles. The molecule has 1 aliphatic heterocycles. The number of nitrogens with zero attached hydrogens (tertiary/aromatic N) is 2. The van der Waals surface area contributed by atoms with E-state index in [1.54, 1.807) is 22.8 Å². The van der Waals surface area contributed by atoms with Crippen LogP contribution in [0, 0.1) is 0 Å². The van der Waals surface area contributed by atoms with Crippen LogP contribution in [0.2, 0.25) is 0 Å². The standard InChI is InChI=1S/C8H16N2P2S4/c1-5-7-9-11(13,15-3)10(8-6-2)12(9,14)16-4/h5-6H,1-2,7-8H2,3-4H3. The minimum atomic E-state index is -1.67. The molecular formula is C8H16N2P2S4. The largest absolute Gasteiger partial charge is 0.498 e. The minimum Gasteiger partial charge on any atom is -0.498 e. The first kappa shape index (κ1) is 15.7. The predicted molar refractivity (Wildman–Crippen MR) is 89.4 cm³/mol. The summed E-state index contributed by atoms with van der Waals surface area (Å²) in [6.45, 7) is 9.21. The summed E-state index contributed by atoms with van der Waals surface area (Å²) >= 11 is 15.1. The quantitative estimate of drug-likeness (QED) is 0.407. The maximum atomic E-state index is 5.80. The Hall–Kier alpha value is 1.66. The fourth-order valence-electron chi connectivity index (χ4n) is 1.51. The first-order valence-electron chi connectivity index (χ1n) is 4.61. The highest BCUT2D eigenvalue weighted by molar-refractivity contribution is 8.96. The normalized spacial score (nSPS) is 35.8. The lowest BCUT2D eigenvalue weighted by atomic mass is 10.7. The van der Waals surface area contributed by atoms with Crippen LogP contribution in [0.15, 0.2) is 25.3 Å². The van der Waals surface area contributed by atoms with E-state index in [0.29, 0.717) is 0 Å². The Morgan fingerprint density at radius 3 is 1.50 bits per heavy atom. The molecule has 0 amide bonds. The third-order valence-electron chi connectivity index (χ3n) is 2.23. The second kappa shape index (κ2) is 6.21. The second-order valence-electron chi connectivity index (χ2n) is 3.03. The summed E-state index contributed by atoms with van der Waals surface area (Å²) in [7, 11) is 0. The molecule has 0 saturated carbocycles. The van der Waals surface area contributed by atoms with E-state index in [2.05, 4.69) is 34.6 Å². The lowest BCUT2D eigenvalue weighted by Crippen LogP contribution is -2.45. The van der Waals surface area contributed by atoms with Crippen molar-refractivity contribution in [3.8, 4) is 0 Å². The molecule has 92 valence electrons. The van der Waals surface area contributed by atoms with Crippen LogP contribution < -0.4 is 0 Å². The zero-order valence-electron chi connectivity index (χ0n) is 9.40. The molecule has 2 nitrogen and oxygen atoms in total. The molecular weight excluding hydrogens is 314 g/mol. The molecule has 1 fully saturated rings. The van der Waals surface area contributed by atoms with Crippen molar-refractivity contribution in [3.63, 3.8) is 0 Å². The molecule has 0 spiro atoms. The second-order valence-corrected chi connectivity index (χ2v) is 18.0. The van der Waals surface area contributed by atoms with E-state index in [1.807, 2.05) is 12.2 Å². The van der Waals surface area contributed by atoms with E-state index in [4.69, 9.17) is 24.5 Å². The lowest BCUT2D eigenvalue weighted by molar-refractivity contribution is 0.611. The molecule has 0 aromatic heterocycles. The first-order valence-corrected chi connectivity index (χ1v) is 13.7. The highest BCUT2D eigenvalue weighted by Gasteiger charge is 2.69. The summed E-state index contributed by atoms with van der Waals surface area (Å²) < 4.78 is 4.66. The van der Waals surface area contributed by atoms with Gasteiger partial charge in [-0.3, -0.25) is 0 Å². The molecule has 1 saturated heterocycles. The van der Waals surface area contributed by atoms with Crippen molar-refractivity contribution in [2.75, 3.05) is 25.6 Å². The van der Waals surface area contributed by atoms with Gasteiger partial charge in [-0.05, 0) is 8.88 Å². The van der Waals surface area contributed by atoms with Crippen molar-refractivity contribution < 1.29 is 0 Å². The molecule has 0 atom stereocenters. The van der Waals surface area contributed by atoms with Gasteiger partial charge in [0.05, 0.1) is 13.1 Å². The van der Waals surface area contributed by atoms with Gasteiger partial charge in [-0.15, -0.1) is 13.2 Å². The van der Waals surface area contributed by atoms with E-state index < -0.39 is 11.9 Å². The molecule has 8 heteroatoms. The summed E-state index contributed by atoms with van der Waals surface area (Å²) in [6.07, 6.45) is 7.96. The van der Waals surface area contributed by atoms with Crippen LogP contribution in [-0.4, -0.2) is 34.5 Å². The Kier molecular flexibility index (Phi) is 6.10. The Morgan fingerprint density at radius 1 is 1.00 bits per heavy atom. The SMILES string of the molecule is C=CCN1[P+]([S-])(SC)N(CC=C)[P+]1([S-])SC. The summed E-state index contributed by atoms with van der Waals surface area (Å²) in [5.41, 5.74) is 0. The maximum absolute atomic E-state index is 5.80. The van der Waals surface area contributed by atoms with Crippen LogP contribution in [0.4, 0.5) is 0 Å². The summed E-state index contributed by atoms with van der Waals surface area (Å²) in [5, 5.41) is 0. The summed E-state index contributed by atoms with van der Waals surface area (Å²) in [5.74, 6) is -3.33. The van der Waals surface area contributed by atoms with Gasteiger partial charge in [-0.25, -0.2) is 0 Å². The first-order chi connectivity index (χ1) is 7.51. The highest BCUT2D eigenvalue weighted by atomic mass is 33.1. The Labute approximate surface area is 118 Å². The predicted octanol–water partition coefficient (Wildman–Crippen LogP) is 4.15. The monoisotopic (exact) mass is 330 g/mol. The maximum Gasteiger partial charge on any atom is 0.172 e. The fourth-order valence-corrected chi connectivity index (χ4v) is 24.4. The molecule has 1 rings (SSSR count). The van der Waals surface area contributed by atoms with Gasteiger partial charge in [0.25, 0.3) is 0 Å². The van der Waals surface area contributed by atoms with Crippen LogP contribution in [0.25, 0.3) is 0 Å². The van der Waals surface area contributed by atoms with E-state index in [0.717, 1.165) is 13.1 Å². The number of hydrogen-bond acceptors (Lipinski definition) is 6. The average molecular weight is 330 g/mol. The third-order valence-corrected chi connectivity index (χ3v) is 22.4. The van der Waals surface area contributed by atoms with E-state index >= 15 is 0 Å². The van der Waals surface area contributed by atoms with Crippen molar-refractivity contribution in [2.24, 2.45) is 0 Å². The fraction of sp³-hybridized carbons (Fsp3) is 0.500.